The summed E-state index contributed by atoms with van der Waals surface area (Å²) in [5.74, 6) is 0.903. The van der Waals surface area contributed by atoms with Crippen LogP contribution in [-0.2, 0) is 0 Å². The summed E-state index contributed by atoms with van der Waals surface area (Å²) in [6.45, 7) is 5.66. The smallest absolute Gasteiger partial charge is 0.118 e. The minimum Gasteiger partial charge on any atom is -0.508 e. The molecule has 0 aromatic heterocycles. The molecule has 20 heavy (non-hydrogen) atoms. The van der Waals surface area contributed by atoms with Crippen LogP contribution in [0.15, 0.2) is 55.1 Å². The first kappa shape index (κ1) is 14.0. The second kappa shape index (κ2) is 6.15. The molecule has 3 nitrogen and oxygen atoms in total. The molecule has 0 saturated carbocycles. The predicted molar refractivity (Wildman–Crippen MR) is 83.1 cm³/mol. The van der Waals surface area contributed by atoms with Gasteiger partial charge in [-0.15, -0.1) is 0 Å². The molecule has 104 valence electrons. The van der Waals surface area contributed by atoms with E-state index in [0.717, 1.165) is 17.0 Å². The zero-order valence-corrected chi connectivity index (χ0v) is 11.8. The quantitative estimate of drug-likeness (QED) is 0.791. The van der Waals surface area contributed by atoms with E-state index in [2.05, 4.69) is 18.8 Å². The van der Waals surface area contributed by atoms with Gasteiger partial charge in [-0.05, 0) is 36.8 Å². The minimum absolute atomic E-state index is 0.0648. The van der Waals surface area contributed by atoms with Gasteiger partial charge in [0.1, 0.15) is 11.5 Å². The second-order valence-electron chi connectivity index (χ2n) is 4.63. The van der Waals surface area contributed by atoms with E-state index in [1.807, 2.05) is 48.5 Å². The summed E-state index contributed by atoms with van der Waals surface area (Å²) in [6, 6.07) is 15.6. The number of aliphatic hydroxyl groups is 1. The molecule has 0 amide bonds. The van der Waals surface area contributed by atoms with Crippen molar-refractivity contribution in [1.82, 2.24) is 0 Å². The first-order chi connectivity index (χ1) is 9.61. The summed E-state index contributed by atoms with van der Waals surface area (Å²) in [5.41, 5.74) is 2.72. The molecule has 3 heteroatoms. The van der Waals surface area contributed by atoms with E-state index in [1.165, 1.54) is 0 Å². The fourth-order valence-electron chi connectivity index (χ4n) is 2.07. The van der Waals surface area contributed by atoms with Gasteiger partial charge >= 0.3 is 0 Å². The number of para-hydroxylation sites is 1. The first-order valence-corrected chi connectivity index (χ1v) is 6.49. The molecule has 1 unspecified atom stereocenters. The molecule has 0 radical (unpaired) electrons. The minimum atomic E-state index is 0.0648. The van der Waals surface area contributed by atoms with Crippen LogP contribution in [0.5, 0.6) is 5.75 Å². The number of methoxy groups -OCH3 is 1. The number of ether oxygens (including phenoxy) is 1. The lowest BCUT2D eigenvalue weighted by molar-refractivity contribution is 0.414. The fourth-order valence-corrected chi connectivity index (χ4v) is 2.07. The molecule has 0 bridgehead atoms. The number of benzene rings is 2. The lowest BCUT2D eigenvalue weighted by Gasteiger charge is -2.18. The third-order valence-electron chi connectivity index (χ3n) is 3.23. The Kier molecular flexibility index (Phi) is 4.31. The van der Waals surface area contributed by atoms with Gasteiger partial charge in [-0.2, -0.15) is 0 Å². The highest BCUT2D eigenvalue weighted by atomic mass is 16.5. The van der Waals surface area contributed by atoms with Crippen molar-refractivity contribution in [3.05, 3.63) is 66.2 Å². The highest BCUT2D eigenvalue weighted by Gasteiger charge is 2.09. The zero-order valence-electron chi connectivity index (χ0n) is 11.8. The number of hydrogen-bond acceptors (Lipinski definition) is 3. The SMILES string of the molecule is C=C(O)c1ccccc1NC(C)c1ccc(OC)cc1. The summed E-state index contributed by atoms with van der Waals surface area (Å²) in [6.07, 6.45) is 0. The summed E-state index contributed by atoms with van der Waals surface area (Å²) in [4.78, 5) is 0. The van der Waals surface area contributed by atoms with E-state index in [9.17, 15) is 5.11 Å². The van der Waals surface area contributed by atoms with Crippen molar-refractivity contribution in [1.29, 1.82) is 0 Å². The molecular weight excluding hydrogens is 250 g/mol. The van der Waals surface area contributed by atoms with Crippen molar-refractivity contribution in [2.75, 3.05) is 12.4 Å². The van der Waals surface area contributed by atoms with Crippen LogP contribution in [-0.4, -0.2) is 12.2 Å². The maximum Gasteiger partial charge on any atom is 0.118 e. The zero-order chi connectivity index (χ0) is 14.5. The van der Waals surface area contributed by atoms with Gasteiger partial charge in [0.05, 0.1) is 7.11 Å². The molecule has 2 rings (SSSR count). The van der Waals surface area contributed by atoms with E-state index in [0.29, 0.717) is 5.56 Å². The highest BCUT2D eigenvalue weighted by Crippen LogP contribution is 2.26. The molecule has 2 aromatic carbocycles. The maximum absolute atomic E-state index is 9.61. The summed E-state index contributed by atoms with van der Waals surface area (Å²) in [5, 5.41) is 13.0. The summed E-state index contributed by atoms with van der Waals surface area (Å²) < 4.78 is 5.15. The average Bonchev–Trinajstić information content (AvgIpc) is 2.47. The van der Waals surface area contributed by atoms with Gasteiger partial charge in [-0.25, -0.2) is 0 Å². The van der Waals surface area contributed by atoms with Gasteiger partial charge < -0.3 is 15.2 Å². The van der Waals surface area contributed by atoms with Crippen LogP contribution in [0.1, 0.15) is 24.1 Å². The Balaban J connectivity index is 2.18. The molecule has 2 N–H and O–H groups in total. The molecule has 0 fully saturated rings. The van der Waals surface area contributed by atoms with E-state index in [4.69, 9.17) is 4.74 Å². The average molecular weight is 269 g/mol. The lowest BCUT2D eigenvalue weighted by atomic mass is 10.1. The topological polar surface area (TPSA) is 41.5 Å². The van der Waals surface area contributed by atoms with Crippen LogP contribution >= 0.6 is 0 Å². The molecule has 0 heterocycles. The van der Waals surface area contributed by atoms with Crippen molar-refractivity contribution in [2.24, 2.45) is 0 Å². The molecule has 0 aliphatic carbocycles. The van der Waals surface area contributed by atoms with Crippen LogP contribution in [0.25, 0.3) is 5.76 Å². The van der Waals surface area contributed by atoms with Gasteiger partial charge in [0.15, 0.2) is 0 Å². The van der Waals surface area contributed by atoms with E-state index >= 15 is 0 Å². The molecular formula is C17H19NO2. The van der Waals surface area contributed by atoms with E-state index in [-0.39, 0.29) is 11.8 Å². The Morgan fingerprint density at radius 3 is 2.40 bits per heavy atom. The Morgan fingerprint density at radius 1 is 1.15 bits per heavy atom. The normalized spacial score (nSPS) is 11.7. The largest absolute Gasteiger partial charge is 0.508 e. The third kappa shape index (κ3) is 3.12. The van der Waals surface area contributed by atoms with E-state index in [1.54, 1.807) is 7.11 Å². The van der Waals surface area contributed by atoms with Crippen molar-refractivity contribution < 1.29 is 9.84 Å². The molecule has 0 aliphatic rings. The number of anilines is 1. The third-order valence-corrected chi connectivity index (χ3v) is 3.23. The number of aliphatic hydroxyl groups excluding tert-OH is 1. The fraction of sp³-hybridized carbons (Fsp3) is 0.176. The van der Waals surface area contributed by atoms with Gasteiger partial charge in [-0.3, -0.25) is 0 Å². The van der Waals surface area contributed by atoms with Crippen LogP contribution in [0.3, 0.4) is 0 Å². The molecule has 1 atom stereocenters. The molecule has 0 spiro atoms. The number of hydrogen-bond donors (Lipinski definition) is 2. The second-order valence-corrected chi connectivity index (χ2v) is 4.63. The lowest BCUT2D eigenvalue weighted by Crippen LogP contribution is -2.08. The first-order valence-electron chi connectivity index (χ1n) is 6.49. The van der Waals surface area contributed by atoms with Crippen LogP contribution in [0.2, 0.25) is 0 Å². The molecule has 0 aliphatic heterocycles. The van der Waals surface area contributed by atoms with Gasteiger partial charge in [0.2, 0.25) is 0 Å². The molecule has 2 aromatic rings. The predicted octanol–water partition coefficient (Wildman–Crippen LogP) is 4.40. The standard InChI is InChI=1S/C17H19NO2/c1-12(14-8-10-15(20-3)11-9-14)18-17-7-5-4-6-16(17)13(2)19/h4-12,18-19H,2H2,1,3H3. The number of rotatable bonds is 5. The monoisotopic (exact) mass is 269 g/mol. The Labute approximate surface area is 119 Å². The van der Waals surface area contributed by atoms with Crippen LogP contribution < -0.4 is 10.1 Å². The maximum atomic E-state index is 9.61. The number of nitrogens with one attached hydrogen (secondary N) is 1. The summed E-state index contributed by atoms with van der Waals surface area (Å²) >= 11 is 0. The Morgan fingerprint density at radius 2 is 1.80 bits per heavy atom. The van der Waals surface area contributed by atoms with Gasteiger partial charge in [0, 0.05) is 17.3 Å². The summed E-state index contributed by atoms with van der Waals surface area (Å²) in [7, 11) is 1.65. The van der Waals surface area contributed by atoms with Gasteiger partial charge in [-0.1, -0.05) is 30.8 Å². The van der Waals surface area contributed by atoms with Crippen LogP contribution in [0.4, 0.5) is 5.69 Å². The van der Waals surface area contributed by atoms with Crippen molar-refractivity contribution >= 4 is 11.4 Å². The molecule has 0 saturated heterocycles. The van der Waals surface area contributed by atoms with Crippen molar-refractivity contribution in [2.45, 2.75) is 13.0 Å². The Hall–Kier alpha value is -2.42. The Bertz CT molecular complexity index is 590. The highest BCUT2D eigenvalue weighted by molar-refractivity contribution is 5.70. The van der Waals surface area contributed by atoms with Crippen LogP contribution in [0, 0.1) is 0 Å². The van der Waals surface area contributed by atoms with Gasteiger partial charge in [0.25, 0.3) is 0 Å². The van der Waals surface area contributed by atoms with E-state index < -0.39 is 0 Å². The van der Waals surface area contributed by atoms with Crippen molar-refractivity contribution in [3.8, 4) is 5.75 Å². The van der Waals surface area contributed by atoms with Crippen molar-refractivity contribution in [3.63, 3.8) is 0 Å².